The second kappa shape index (κ2) is 4.53. The van der Waals surface area contributed by atoms with Gasteiger partial charge in [-0.15, -0.1) is 0 Å². The monoisotopic (exact) mass is 273 g/mol. The summed E-state index contributed by atoms with van der Waals surface area (Å²) in [6, 6.07) is 2.73. The maximum Gasteiger partial charge on any atom is 0.295 e. The van der Waals surface area contributed by atoms with Crippen molar-refractivity contribution in [3.8, 4) is 0 Å². The number of nitrogens with zero attached hydrogens (tertiary/aromatic N) is 1. The molecule has 0 N–H and O–H groups in total. The van der Waals surface area contributed by atoms with Gasteiger partial charge in [0.05, 0.1) is 15.5 Å². The van der Waals surface area contributed by atoms with Crippen LogP contribution in [0.5, 0.6) is 0 Å². The van der Waals surface area contributed by atoms with E-state index < -0.39 is 9.76 Å². The van der Waals surface area contributed by atoms with Gasteiger partial charge in [-0.1, -0.05) is 46.4 Å². The molecule has 0 bridgehead atoms. The Kier molecular flexibility index (Phi) is 3.84. The predicted molar refractivity (Wildman–Crippen MR) is 57.6 cm³/mol. The minimum absolute atomic E-state index is 0.0208. The van der Waals surface area contributed by atoms with Crippen molar-refractivity contribution in [1.29, 1.82) is 0 Å². The summed E-state index contributed by atoms with van der Waals surface area (Å²) in [5, 5.41) is 10.7. The molecule has 0 aliphatic heterocycles. The van der Waals surface area contributed by atoms with Crippen LogP contribution < -0.4 is 0 Å². The van der Waals surface area contributed by atoms with E-state index in [-0.39, 0.29) is 21.3 Å². The van der Waals surface area contributed by atoms with Gasteiger partial charge in [0.1, 0.15) is 9.86 Å². The molecule has 0 saturated carbocycles. The van der Waals surface area contributed by atoms with Gasteiger partial charge in [0.2, 0.25) is 0 Å². The van der Waals surface area contributed by atoms with Crippen LogP contribution in [0.2, 0.25) is 10.0 Å². The average Bonchev–Trinajstić information content (AvgIpc) is 2.07. The van der Waals surface area contributed by atoms with Crippen LogP contribution in [0.4, 0.5) is 5.69 Å². The molecule has 0 aliphatic carbocycles. The zero-order valence-corrected chi connectivity index (χ0v) is 9.53. The van der Waals surface area contributed by atoms with Crippen LogP contribution in [-0.4, -0.2) is 4.92 Å². The van der Waals surface area contributed by atoms with Crippen molar-refractivity contribution in [1.82, 2.24) is 0 Å². The third kappa shape index (κ3) is 2.23. The number of hydrogen-bond donors (Lipinski definition) is 0. The molecule has 0 atom stereocenters. The Morgan fingerprint density at radius 2 is 1.71 bits per heavy atom. The summed E-state index contributed by atoms with van der Waals surface area (Å²) in [5.74, 6) is 0. The first-order chi connectivity index (χ1) is 6.45. The number of nitro groups is 1. The molecular formula is C7H3Cl4NO2. The predicted octanol–water partition coefficient (Wildman–Crippen LogP) is 4.38. The van der Waals surface area contributed by atoms with Crippen LogP contribution in [-0.2, 0) is 0 Å². The van der Waals surface area contributed by atoms with Gasteiger partial charge in [-0.05, 0) is 12.1 Å². The van der Waals surface area contributed by atoms with Crippen molar-refractivity contribution in [2.75, 3.05) is 0 Å². The zero-order valence-electron chi connectivity index (χ0n) is 6.51. The lowest BCUT2D eigenvalue weighted by Crippen LogP contribution is -1.97. The Morgan fingerprint density at radius 3 is 2.07 bits per heavy atom. The van der Waals surface area contributed by atoms with E-state index in [2.05, 4.69) is 0 Å². The van der Waals surface area contributed by atoms with Crippen LogP contribution >= 0.6 is 46.4 Å². The van der Waals surface area contributed by atoms with Gasteiger partial charge in [-0.25, -0.2) is 0 Å². The average molecular weight is 275 g/mol. The van der Waals surface area contributed by atoms with Gasteiger partial charge in [-0.2, -0.15) is 0 Å². The van der Waals surface area contributed by atoms with Crippen molar-refractivity contribution in [2.24, 2.45) is 0 Å². The lowest BCUT2D eigenvalue weighted by molar-refractivity contribution is -0.385. The van der Waals surface area contributed by atoms with E-state index in [1.165, 1.54) is 12.1 Å². The SMILES string of the molecule is O=[N+]([O-])c1c(Cl)ccc(Cl)c1C(Cl)Cl. The highest BCUT2D eigenvalue weighted by atomic mass is 35.5. The third-order valence-electron chi connectivity index (χ3n) is 1.52. The molecule has 0 radical (unpaired) electrons. The van der Waals surface area contributed by atoms with Crippen LogP contribution in [0.15, 0.2) is 12.1 Å². The van der Waals surface area contributed by atoms with Crippen molar-refractivity contribution in [3.05, 3.63) is 37.9 Å². The van der Waals surface area contributed by atoms with E-state index in [1.54, 1.807) is 0 Å². The number of rotatable bonds is 2. The van der Waals surface area contributed by atoms with Gasteiger partial charge >= 0.3 is 0 Å². The molecule has 1 aromatic rings. The molecule has 0 amide bonds. The van der Waals surface area contributed by atoms with Crippen molar-refractivity contribution < 1.29 is 4.92 Å². The second-order valence-electron chi connectivity index (χ2n) is 2.35. The molecule has 3 nitrogen and oxygen atoms in total. The first-order valence-corrected chi connectivity index (χ1v) is 4.98. The highest BCUT2D eigenvalue weighted by Gasteiger charge is 2.25. The van der Waals surface area contributed by atoms with Gasteiger partial charge in [0, 0.05) is 0 Å². The fourth-order valence-corrected chi connectivity index (χ4v) is 2.00. The number of hydrogen-bond acceptors (Lipinski definition) is 2. The number of nitro benzene ring substituents is 1. The van der Waals surface area contributed by atoms with E-state index in [0.717, 1.165) is 0 Å². The Hall–Kier alpha value is -0.220. The van der Waals surface area contributed by atoms with Gasteiger partial charge in [-0.3, -0.25) is 10.1 Å². The third-order valence-corrected chi connectivity index (χ3v) is 2.59. The molecule has 0 aliphatic rings. The van der Waals surface area contributed by atoms with Crippen LogP contribution in [0.25, 0.3) is 0 Å². The molecule has 0 spiro atoms. The quantitative estimate of drug-likeness (QED) is 0.456. The first kappa shape index (κ1) is 11.9. The maximum atomic E-state index is 10.6. The van der Waals surface area contributed by atoms with Gasteiger partial charge in [0.25, 0.3) is 5.69 Å². The molecule has 0 saturated heterocycles. The largest absolute Gasteiger partial charge is 0.295 e. The summed E-state index contributed by atoms with van der Waals surface area (Å²) in [7, 11) is 0. The van der Waals surface area contributed by atoms with Crippen LogP contribution in [0.3, 0.4) is 0 Å². The highest BCUT2D eigenvalue weighted by molar-refractivity contribution is 6.46. The Bertz CT molecular complexity index is 380. The molecule has 0 aromatic heterocycles. The zero-order chi connectivity index (χ0) is 10.9. The molecule has 1 rings (SSSR count). The van der Waals surface area contributed by atoms with Crippen molar-refractivity contribution in [2.45, 2.75) is 4.84 Å². The van der Waals surface area contributed by atoms with E-state index in [0.29, 0.717) is 0 Å². The number of alkyl halides is 2. The normalized spacial score (nSPS) is 10.6. The minimum atomic E-state index is -1.08. The molecule has 14 heavy (non-hydrogen) atoms. The van der Waals surface area contributed by atoms with Crippen LogP contribution in [0, 0.1) is 10.1 Å². The Labute approximate surface area is 99.7 Å². The van der Waals surface area contributed by atoms with E-state index in [9.17, 15) is 10.1 Å². The summed E-state index contributed by atoms with van der Waals surface area (Å²) >= 11 is 22.4. The first-order valence-electron chi connectivity index (χ1n) is 3.35. The summed E-state index contributed by atoms with van der Waals surface area (Å²) in [6.07, 6.45) is 0. The summed E-state index contributed by atoms with van der Waals surface area (Å²) < 4.78 is 0. The smallest absolute Gasteiger partial charge is 0.258 e. The molecule has 0 unspecified atom stereocenters. The lowest BCUT2D eigenvalue weighted by Gasteiger charge is -2.06. The van der Waals surface area contributed by atoms with Crippen molar-refractivity contribution in [3.63, 3.8) is 0 Å². The minimum Gasteiger partial charge on any atom is -0.258 e. The van der Waals surface area contributed by atoms with E-state index >= 15 is 0 Å². The maximum absolute atomic E-state index is 10.6. The molecular weight excluding hydrogens is 272 g/mol. The fraction of sp³-hybridized carbons (Fsp3) is 0.143. The van der Waals surface area contributed by atoms with Crippen LogP contribution in [0.1, 0.15) is 10.4 Å². The molecule has 1 aromatic carbocycles. The summed E-state index contributed by atoms with van der Waals surface area (Å²) in [6.45, 7) is 0. The topological polar surface area (TPSA) is 43.1 Å². The van der Waals surface area contributed by atoms with Gasteiger partial charge in [0.15, 0.2) is 0 Å². The molecule has 76 valence electrons. The highest BCUT2D eigenvalue weighted by Crippen LogP contribution is 2.41. The van der Waals surface area contributed by atoms with Gasteiger partial charge < -0.3 is 0 Å². The molecule has 7 heteroatoms. The van der Waals surface area contributed by atoms with E-state index in [1.807, 2.05) is 0 Å². The molecule has 0 heterocycles. The summed E-state index contributed by atoms with van der Waals surface area (Å²) in [5.41, 5.74) is -0.332. The molecule has 0 fully saturated rings. The Balaban J connectivity index is 3.50. The van der Waals surface area contributed by atoms with Crippen molar-refractivity contribution >= 4 is 52.1 Å². The fourth-order valence-electron chi connectivity index (χ4n) is 0.950. The second-order valence-corrected chi connectivity index (χ2v) is 4.26. The number of halogens is 4. The van der Waals surface area contributed by atoms with E-state index in [4.69, 9.17) is 46.4 Å². The lowest BCUT2D eigenvalue weighted by atomic mass is 10.2. The number of benzene rings is 1. The standard InChI is InChI=1S/C7H3Cl4NO2/c8-3-1-2-4(9)6(12(13)14)5(3)7(10)11/h1-2,7H. The summed E-state index contributed by atoms with van der Waals surface area (Å²) in [4.78, 5) is 8.90. The Morgan fingerprint density at radius 1 is 1.21 bits per heavy atom.